The Bertz CT molecular complexity index is 1250. The first kappa shape index (κ1) is 29.8. The fourth-order valence-electron chi connectivity index (χ4n) is 4.99. The first-order valence-electron chi connectivity index (χ1n) is 12.7. The van der Waals surface area contributed by atoms with E-state index in [1.807, 2.05) is 0 Å². The van der Waals surface area contributed by atoms with Gasteiger partial charge >= 0.3 is 18.2 Å². The number of alkyl halides is 3. The first-order chi connectivity index (χ1) is 19.0. The van der Waals surface area contributed by atoms with E-state index in [2.05, 4.69) is 16.0 Å². The Morgan fingerprint density at radius 1 is 0.975 bits per heavy atom. The van der Waals surface area contributed by atoms with Crippen LogP contribution in [0.2, 0.25) is 10.0 Å². The largest absolute Gasteiger partial charge is 0.416 e. The van der Waals surface area contributed by atoms with E-state index in [0.29, 0.717) is 48.0 Å². The number of benzene rings is 2. The molecule has 5 amide bonds. The molecular weight excluding hydrogens is 572 g/mol. The average Bonchev–Trinajstić information content (AvgIpc) is 3.30. The van der Waals surface area contributed by atoms with Gasteiger partial charge in [-0.25, -0.2) is 9.59 Å². The summed E-state index contributed by atoms with van der Waals surface area (Å²) in [6.45, 7) is 0.920. The molecule has 14 heteroatoms. The van der Waals surface area contributed by atoms with Crippen LogP contribution in [0.5, 0.6) is 0 Å². The molecule has 2 aromatic carbocycles. The highest BCUT2D eigenvalue weighted by molar-refractivity contribution is 6.42. The number of rotatable bonds is 7. The van der Waals surface area contributed by atoms with Crippen LogP contribution in [0, 0.1) is 0 Å². The molecule has 0 saturated carbocycles. The molecule has 0 bridgehead atoms. The van der Waals surface area contributed by atoms with Gasteiger partial charge in [0.15, 0.2) is 0 Å². The quantitative estimate of drug-likeness (QED) is 0.329. The lowest BCUT2D eigenvalue weighted by molar-refractivity contribution is -0.142. The van der Waals surface area contributed by atoms with E-state index in [1.165, 1.54) is 23.1 Å². The summed E-state index contributed by atoms with van der Waals surface area (Å²) in [6.07, 6.45) is -2.41. The monoisotopic (exact) mass is 600 g/mol. The van der Waals surface area contributed by atoms with Gasteiger partial charge in [-0.1, -0.05) is 23.2 Å². The van der Waals surface area contributed by atoms with Crippen molar-refractivity contribution < 1.29 is 27.6 Å². The molecule has 3 atom stereocenters. The number of unbranched alkanes of at least 4 members (excludes halogenated alkanes) is 1. The fourth-order valence-corrected chi connectivity index (χ4v) is 5.29. The Morgan fingerprint density at radius 3 is 2.33 bits per heavy atom. The number of anilines is 2. The molecule has 40 heavy (non-hydrogen) atoms. The fraction of sp³-hybridized carbons (Fsp3) is 0.423. The molecule has 2 aliphatic rings. The molecule has 5 N–H and O–H groups in total. The highest BCUT2D eigenvalue weighted by Gasteiger charge is 2.47. The molecule has 2 aliphatic heterocycles. The molecule has 4 rings (SSSR count). The molecule has 2 aromatic rings. The number of fused-ring (bicyclic) bond motifs is 1. The third kappa shape index (κ3) is 7.10. The maximum atomic E-state index is 13.5. The van der Waals surface area contributed by atoms with Gasteiger partial charge in [0.05, 0.1) is 27.7 Å². The predicted octanol–water partition coefficient (Wildman–Crippen LogP) is 5.15. The lowest BCUT2D eigenvalue weighted by Crippen LogP contribution is -2.62. The molecule has 2 heterocycles. The number of urea groups is 2. The number of halogens is 5. The van der Waals surface area contributed by atoms with Crippen LogP contribution in [0.1, 0.15) is 31.2 Å². The summed E-state index contributed by atoms with van der Waals surface area (Å²) >= 11 is 11.9. The van der Waals surface area contributed by atoms with Crippen LogP contribution in [0.15, 0.2) is 42.5 Å². The smallest absolute Gasteiger partial charge is 0.334 e. The number of hydrogen-bond donors (Lipinski definition) is 4. The molecule has 0 aliphatic carbocycles. The van der Waals surface area contributed by atoms with Crippen molar-refractivity contribution >= 4 is 52.5 Å². The van der Waals surface area contributed by atoms with E-state index >= 15 is 0 Å². The minimum absolute atomic E-state index is 0.179. The summed E-state index contributed by atoms with van der Waals surface area (Å²) in [5.41, 5.74) is 5.41. The molecule has 9 nitrogen and oxygen atoms in total. The van der Waals surface area contributed by atoms with Crippen molar-refractivity contribution in [2.45, 2.75) is 50.0 Å². The Labute approximate surface area is 239 Å². The van der Waals surface area contributed by atoms with E-state index in [0.717, 1.165) is 12.1 Å². The maximum Gasteiger partial charge on any atom is 0.416 e. The first-order valence-corrected chi connectivity index (χ1v) is 13.5. The topological polar surface area (TPSA) is 120 Å². The second-order valence-corrected chi connectivity index (χ2v) is 10.6. The summed E-state index contributed by atoms with van der Waals surface area (Å²) in [5, 5.41) is 8.80. The van der Waals surface area contributed by atoms with E-state index in [4.69, 9.17) is 28.9 Å². The van der Waals surface area contributed by atoms with Crippen LogP contribution in [0.3, 0.4) is 0 Å². The van der Waals surface area contributed by atoms with Gasteiger partial charge in [-0.2, -0.15) is 13.2 Å². The zero-order chi connectivity index (χ0) is 29.0. The summed E-state index contributed by atoms with van der Waals surface area (Å²) < 4.78 is 38.7. The van der Waals surface area contributed by atoms with Crippen molar-refractivity contribution in [2.75, 3.05) is 30.3 Å². The number of amides is 5. The molecular formula is C26H29Cl2F3N6O3. The zero-order valence-corrected chi connectivity index (χ0v) is 22.8. The third-order valence-corrected chi connectivity index (χ3v) is 7.67. The molecule has 0 radical (unpaired) electrons. The molecule has 0 spiro atoms. The summed E-state index contributed by atoms with van der Waals surface area (Å²) in [4.78, 5) is 42.4. The zero-order valence-electron chi connectivity index (χ0n) is 21.3. The van der Waals surface area contributed by atoms with Gasteiger partial charge in [-0.15, -0.1) is 0 Å². The summed E-state index contributed by atoms with van der Waals surface area (Å²) in [7, 11) is 0. The minimum atomic E-state index is -4.49. The van der Waals surface area contributed by atoms with E-state index in [1.54, 1.807) is 17.0 Å². The second kappa shape index (κ2) is 12.5. The van der Waals surface area contributed by atoms with Gasteiger partial charge in [0.2, 0.25) is 5.91 Å². The lowest BCUT2D eigenvalue weighted by atomic mass is 10.0. The Kier molecular flexibility index (Phi) is 9.32. The van der Waals surface area contributed by atoms with Crippen molar-refractivity contribution in [3.8, 4) is 0 Å². The predicted molar refractivity (Wildman–Crippen MR) is 146 cm³/mol. The third-order valence-electron chi connectivity index (χ3n) is 6.93. The van der Waals surface area contributed by atoms with Crippen LogP contribution in [-0.2, 0) is 11.0 Å². The van der Waals surface area contributed by atoms with Gasteiger partial charge in [0, 0.05) is 24.5 Å². The summed E-state index contributed by atoms with van der Waals surface area (Å²) in [6, 6.07) is 6.26. The van der Waals surface area contributed by atoms with Gasteiger partial charge in [-0.3, -0.25) is 4.79 Å². The number of carbonyl (C=O) groups excluding carboxylic acids is 3. The van der Waals surface area contributed by atoms with E-state index < -0.39 is 29.8 Å². The van der Waals surface area contributed by atoms with Crippen LogP contribution in [0.4, 0.5) is 34.1 Å². The van der Waals surface area contributed by atoms with Crippen LogP contribution >= 0.6 is 23.2 Å². The number of carbonyl (C=O) groups is 3. The number of piperazine rings is 1. The van der Waals surface area contributed by atoms with E-state index in [-0.39, 0.29) is 36.8 Å². The summed E-state index contributed by atoms with van der Waals surface area (Å²) in [5.74, 6) is -0.245. The van der Waals surface area contributed by atoms with Gasteiger partial charge in [0.1, 0.15) is 6.04 Å². The van der Waals surface area contributed by atoms with Gasteiger partial charge in [-0.05, 0) is 74.7 Å². The molecule has 0 aromatic heterocycles. The van der Waals surface area contributed by atoms with Crippen molar-refractivity contribution in [2.24, 2.45) is 5.73 Å². The molecule has 2 saturated heterocycles. The number of nitrogens with two attached hydrogens (primary N) is 1. The molecule has 0 unspecified atom stereocenters. The number of hydrogen-bond acceptors (Lipinski definition) is 4. The van der Waals surface area contributed by atoms with Crippen molar-refractivity contribution in [1.82, 2.24) is 15.1 Å². The number of nitrogens with one attached hydrogen (secondary N) is 3. The molecule has 2 fully saturated rings. The molecule has 216 valence electrons. The Morgan fingerprint density at radius 2 is 1.68 bits per heavy atom. The Balaban J connectivity index is 1.42. The van der Waals surface area contributed by atoms with E-state index in [9.17, 15) is 27.6 Å². The van der Waals surface area contributed by atoms with Crippen molar-refractivity contribution in [1.29, 1.82) is 0 Å². The highest BCUT2D eigenvalue weighted by Crippen LogP contribution is 2.31. The Hall–Kier alpha value is -3.22. The highest BCUT2D eigenvalue weighted by atomic mass is 35.5. The lowest BCUT2D eigenvalue weighted by Gasteiger charge is -2.42. The standard InChI is InChI=1S/C26H29Cl2F3N6O3/c27-20-9-8-17(12-21(20)28)33-24(39)34-18-11-19-14-37(22(3-1-2-10-32)23(38)36(19)13-18)25(40)35-16-6-4-15(5-7-16)26(29,30)31/h4-9,12,18-19,22H,1-3,10-11,13-14,32H2,(H,35,40)(H2,33,34,39)/t18-,19+,22-/m1/s1. The second-order valence-electron chi connectivity index (χ2n) is 9.76. The SMILES string of the molecule is NCCCC[C@@H]1C(=O)N2C[C@H](NC(=O)Nc3ccc(Cl)c(Cl)c3)C[C@H]2CN1C(=O)Nc1ccc(C(F)(F)F)cc1. The minimum Gasteiger partial charge on any atom is -0.334 e. The van der Waals surface area contributed by atoms with Gasteiger partial charge in [0.25, 0.3) is 0 Å². The van der Waals surface area contributed by atoms with Crippen molar-refractivity contribution in [3.63, 3.8) is 0 Å². The van der Waals surface area contributed by atoms with Crippen LogP contribution in [-0.4, -0.2) is 65.5 Å². The average molecular weight is 601 g/mol. The van der Waals surface area contributed by atoms with Gasteiger partial charge < -0.3 is 31.5 Å². The van der Waals surface area contributed by atoms with Crippen LogP contribution in [0.25, 0.3) is 0 Å². The van der Waals surface area contributed by atoms with Crippen molar-refractivity contribution in [3.05, 3.63) is 58.1 Å². The normalized spacial score (nSPS) is 20.8. The number of nitrogens with zero attached hydrogens (tertiary/aromatic N) is 2. The van der Waals surface area contributed by atoms with Crippen LogP contribution < -0.4 is 21.7 Å². The maximum absolute atomic E-state index is 13.5.